The third kappa shape index (κ3) is 3.00. The topological polar surface area (TPSA) is 34.2 Å². The summed E-state index contributed by atoms with van der Waals surface area (Å²) in [6, 6.07) is 5.77. The van der Waals surface area contributed by atoms with Crippen molar-refractivity contribution in [2.45, 2.75) is 6.54 Å². The summed E-state index contributed by atoms with van der Waals surface area (Å²) in [4.78, 5) is 3.75. The molecule has 1 N–H and O–H groups in total. The van der Waals surface area contributed by atoms with Gasteiger partial charge in [-0.1, -0.05) is 17.7 Å². The van der Waals surface area contributed by atoms with E-state index >= 15 is 0 Å². The second-order valence-electron chi connectivity index (χ2n) is 3.77. The number of pyridine rings is 1. The van der Waals surface area contributed by atoms with Gasteiger partial charge in [0, 0.05) is 18.3 Å². The monoisotopic (exact) mass is 284 g/mol. The predicted molar refractivity (Wildman–Crippen MR) is 68.4 cm³/mol. The molecule has 6 heteroatoms. The van der Waals surface area contributed by atoms with Crippen LogP contribution in [0.15, 0.2) is 30.5 Å². The third-order valence-corrected chi connectivity index (χ3v) is 2.72. The van der Waals surface area contributed by atoms with E-state index in [1.54, 1.807) is 7.05 Å². The average molecular weight is 285 g/mol. The lowest BCUT2D eigenvalue weighted by atomic mass is 10.2. The zero-order valence-corrected chi connectivity index (χ0v) is 10.8. The molecule has 0 unspecified atom stereocenters. The van der Waals surface area contributed by atoms with Gasteiger partial charge in [-0.2, -0.15) is 0 Å². The number of rotatable bonds is 4. The fourth-order valence-corrected chi connectivity index (χ4v) is 1.69. The molecule has 2 rings (SSSR count). The van der Waals surface area contributed by atoms with Crippen LogP contribution in [0, 0.1) is 11.6 Å². The largest absolute Gasteiger partial charge is 0.433 e. The molecule has 0 spiro atoms. The maximum Gasteiger partial charge on any atom is 0.256 e. The maximum absolute atomic E-state index is 14.0. The molecule has 0 aliphatic carbocycles. The van der Waals surface area contributed by atoms with Crippen LogP contribution >= 0.6 is 11.6 Å². The van der Waals surface area contributed by atoms with Crippen molar-refractivity contribution < 1.29 is 13.5 Å². The zero-order valence-electron chi connectivity index (χ0n) is 10.1. The predicted octanol–water partition coefficient (Wildman–Crippen LogP) is 3.52. The van der Waals surface area contributed by atoms with Crippen molar-refractivity contribution in [1.29, 1.82) is 0 Å². The van der Waals surface area contributed by atoms with Gasteiger partial charge < -0.3 is 10.1 Å². The van der Waals surface area contributed by atoms with Crippen LogP contribution in [-0.4, -0.2) is 12.0 Å². The molecule has 0 aliphatic rings. The summed E-state index contributed by atoms with van der Waals surface area (Å²) in [5, 5.41) is 2.72. The van der Waals surface area contributed by atoms with Gasteiger partial charge in [-0.15, -0.1) is 0 Å². The van der Waals surface area contributed by atoms with Crippen LogP contribution in [0.5, 0.6) is 11.6 Å². The number of ether oxygens (including phenoxy) is 1. The molecule has 100 valence electrons. The van der Waals surface area contributed by atoms with Crippen LogP contribution in [-0.2, 0) is 6.54 Å². The SMILES string of the molecule is CNCc1ccnc(Oc2cccc(Cl)c2F)c1F. The van der Waals surface area contributed by atoms with E-state index in [1.165, 1.54) is 30.5 Å². The first-order valence-electron chi connectivity index (χ1n) is 5.53. The molecular weight excluding hydrogens is 274 g/mol. The summed E-state index contributed by atoms with van der Waals surface area (Å²) in [6.45, 7) is 0.322. The Morgan fingerprint density at radius 3 is 2.79 bits per heavy atom. The number of nitrogens with zero attached hydrogens (tertiary/aromatic N) is 1. The van der Waals surface area contributed by atoms with Crippen LogP contribution in [0.4, 0.5) is 8.78 Å². The highest BCUT2D eigenvalue weighted by molar-refractivity contribution is 6.30. The van der Waals surface area contributed by atoms with Crippen molar-refractivity contribution >= 4 is 11.6 Å². The molecule has 1 aromatic carbocycles. The lowest BCUT2D eigenvalue weighted by Gasteiger charge is -2.09. The molecular formula is C13H11ClF2N2O. The van der Waals surface area contributed by atoms with Crippen LogP contribution in [0.1, 0.15) is 5.56 Å². The lowest BCUT2D eigenvalue weighted by molar-refractivity contribution is 0.395. The van der Waals surface area contributed by atoms with E-state index in [-0.39, 0.29) is 16.7 Å². The van der Waals surface area contributed by atoms with Gasteiger partial charge in [0.15, 0.2) is 17.4 Å². The molecule has 0 saturated carbocycles. The third-order valence-electron chi connectivity index (χ3n) is 2.43. The molecule has 0 amide bonds. The van der Waals surface area contributed by atoms with Gasteiger partial charge in [-0.25, -0.2) is 13.8 Å². The lowest BCUT2D eigenvalue weighted by Crippen LogP contribution is -2.08. The summed E-state index contributed by atoms with van der Waals surface area (Å²) < 4.78 is 32.8. The number of nitrogens with one attached hydrogen (secondary N) is 1. The molecule has 1 heterocycles. The van der Waals surface area contributed by atoms with Gasteiger partial charge in [0.05, 0.1) is 5.02 Å². The number of aromatic nitrogens is 1. The Morgan fingerprint density at radius 1 is 1.26 bits per heavy atom. The van der Waals surface area contributed by atoms with E-state index in [1.807, 2.05) is 0 Å². The van der Waals surface area contributed by atoms with Crippen molar-refractivity contribution in [1.82, 2.24) is 10.3 Å². The summed E-state index contributed by atoms with van der Waals surface area (Å²) in [6.07, 6.45) is 1.40. The summed E-state index contributed by atoms with van der Waals surface area (Å²) in [7, 11) is 1.69. The highest BCUT2D eigenvalue weighted by Crippen LogP contribution is 2.29. The van der Waals surface area contributed by atoms with Crippen molar-refractivity contribution in [2.24, 2.45) is 0 Å². The highest BCUT2D eigenvalue weighted by atomic mass is 35.5. The van der Waals surface area contributed by atoms with E-state index in [0.29, 0.717) is 12.1 Å². The first kappa shape index (κ1) is 13.7. The second-order valence-corrected chi connectivity index (χ2v) is 4.18. The van der Waals surface area contributed by atoms with E-state index in [0.717, 1.165) is 0 Å². The molecule has 2 aromatic rings. The highest BCUT2D eigenvalue weighted by Gasteiger charge is 2.14. The average Bonchev–Trinajstić information content (AvgIpc) is 2.40. The molecule has 0 radical (unpaired) electrons. The summed E-state index contributed by atoms with van der Waals surface area (Å²) in [5.74, 6) is -1.82. The van der Waals surface area contributed by atoms with Crippen molar-refractivity contribution in [3.05, 3.63) is 52.7 Å². The van der Waals surface area contributed by atoms with Crippen molar-refractivity contribution in [3.8, 4) is 11.6 Å². The van der Waals surface area contributed by atoms with Gasteiger partial charge in [0.1, 0.15) is 0 Å². The Morgan fingerprint density at radius 2 is 2.05 bits per heavy atom. The van der Waals surface area contributed by atoms with E-state index in [4.69, 9.17) is 16.3 Å². The van der Waals surface area contributed by atoms with Crippen LogP contribution < -0.4 is 10.1 Å². The van der Waals surface area contributed by atoms with Crippen LogP contribution in [0.3, 0.4) is 0 Å². The first-order valence-corrected chi connectivity index (χ1v) is 5.91. The van der Waals surface area contributed by atoms with Crippen LogP contribution in [0.2, 0.25) is 5.02 Å². The van der Waals surface area contributed by atoms with Gasteiger partial charge in [-0.3, -0.25) is 0 Å². The zero-order chi connectivity index (χ0) is 13.8. The summed E-state index contributed by atoms with van der Waals surface area (Å²) >= 11 is 5.62. The number of halogens is 3. The Labute approximate surface area is 114 Å². The van der Waals surface area contributed by atoms with Gasteiger partial charge in [0.2, 0.25) is 0 Å². The quantitative estimate of drug-likeness (QED) is 0.933. The Bertz CT molecular complexity index is 593. The fraction of sp³-hybridized carbons (Fsp3) is 0.154. The van der Waals surface area contributed by atoms with E-state index in [2.05, 4.69) is 10.3 Å². The van der Waals surface area contributed by atoms with Crippen molar-refractivity contribution in [3.63, 3.8) is 0 Å². The molecule has 0 atom stereocenters. The molecule has 19 heavy (non-hydrogen) atoms. The maximum atomic E-state index is 14.0. The first-order chi connectivity index (χ1) is 9.13. The van der Waals surface area contributed by atoms with Gasteiger partial charge in [-0.05, 0) is 25.2 Å². The fourth-order valence-electron chi connectivity index (χ4n) is 1.53. The van der Waals surface area contributed by atoms with E-state index < -0.39 is 11.6 Å². The molecule has 3 nitrogen and oxygen atoms in total. The summed E-state index contributed by atoms with van der Waals surface area (Å²) in [5.41, 5.74) is 0.384. The Kier molecular flexibility index (Phi) is 4.29. The number of hydrogen-bond donors (Lipinski definition) is 1. The van der Waals surface area contributed by atoms with Crippen LogP contribution in [0.25, 0.3) is 0 Å². The Hall–Kier alpha value is -1.72. The minimum absolute atomic E-state index is 0.0933. The normalized spacial score (nSPS) is 10.5. The molecule has 0 aliphatic heterocycles. The smallest absolute Gasteiger partial charge is 0.256 e. The minimum atomic E-state index is -0.746. The molecule has 0 fully saturated rings. The van der Waals surface area contributed by atoms with Gasteiger partial charge in [0.25, 0.3) is 5.88 Å². The second kappa shape index (κ2) is 5.95. The molecule has 0 bridgehead atoms. The number of benzene rings is 1. The number of hydrogen-bond acceptors (Lipinski definition) is 3. The van der Waals surface area contributed by atoms with Crippen molar-refractivity contribution in [2.75, 3.05) is 7.05 Å². The minimum Gasteiger partial charge on any atom is -0.433 e. The standard InChI is InChI=1S/C13H11ClF2N2O/c1-17-7-8-5-6-18-13(11(8)15)19-10-4-2-3-9(14)12(10)16/h2-6,17H,7H2,1H3. The Balaban J connectivity index is 2.33. The van der Waals surface area contributed by atoms with Gasteiger partial charge >= 0.3 is 0 Å². The molecule has 1 aromatic heterocycles. The van der Waals surface area contributed by atoms with E-state index in [9.17, 15) is 8.78 Å². The molecule has 0 saturated heterocycles.